The van der Waals surface area contributed by atoms with E-state index in [2.05, 4.69) is 0 Å². The normalized spacial score (nSPS) is 13.1. The summed E-state index contributed by atoms with van der Waals surface area (Å²) in [7, 11) is 0. The van der Waals surface area contributed by atoms with Crippen LogP contribution in [0.5, 0.6) is 0 Å². The van der Waals surface area contributed by atoms with Gasteiger partial charge in [-0.3, -0.25) is 19.2 Å². The van der Waals surface area contributed by atoms with E-state index in [1.807, 2.05) is 114 Å². The van der Waals surface area contributed by atoms with Crippen molar-refractivity contribution in [1.82, 2.24) is 0 Å². The van der Waals surface area contributed by atoms with Gasteiger partial charge in [0.05, 0.1) is 170 Å². The largest absolute Gasteiger partial charge is 0.379 e. The van der Waals surface area contributed by atoms with Gasteiger partial charge in [0.15, 0.2) is 0 Å². The lowest BCUT2D eigenvalue weighted by Gasteiger charge is -2.31. The molecule has 0 saturated carbocycles. The summed E-state index contributed by atoms with van der Waals surface area (Å²) < 4.78 is 103. The first-order chi connectivity index (χ1) is 56.2. The summed E-state index contributed by atoms with van der Waals surface area (Å²) in [6.07, 6.45) is 8.08. The van der Waals surface area contributed by atoms with Crippen LogP contribution in [-0.4, -0.2) is 261 Å². The molecule has 7 aromatic carbocycles. The number of aryl methyl sites for hydroxylation is 4. The minimum absolute atomic E-state index is 0.394. The van der Waals surface area contributed by atoms with Crippen molar-refractivity contribution in [3.05, 3.63) is 128 Å². The van der Waals surface area contributed by atoms with E-state index in [1.165, 1.54) is 9.80 Å². The van der Waals surface area contributed by atoms with Gasteiger partial charge < -0.3 is 85.3 Å². The van der Waals surface area contributed by atoms with Gasteiger partial charge in [-0.25, -0.2) is 9.80 Å². The highest BCUT2D eigenvalue weighted by atomic mass is 16.6. The Morgan fingerprint density at radius 2 is 0.386 bits per heavy atom. The zero-order chi connectivity index (χ0) is 80.2. The number of carbonyl (C=O) groups excluding carboxylic acids is 4. The van der Waals surface area contributed by atoms with Crippen molar-refractivity contribution in [1.29, 1.82) is 0 Å². The van der Waals surface area contributed by atoms with Crippen molar-refractivity contribution in [2.24, 2.45) is 0 Å². The maximum atomic E-state index is 15.6. The van der Waals surface area contributed by atoms with E-state index in [0.29, 0.717) is 346 Å². The SMILES string of the molecule is CCOCCOCCOCCCc1cc(N2C(=O)c3ccc4c5ccc6c7c(ccc(c8ccc(c3c48)C2=O)c75)C(=O)N(c2cc(CCCOCCOCCOCC)c(CCCOCCOCCOCC)c(CCCOCCOCCOCC)c2)C6=O)cc(CCCOCCOCCOCC)c1CCCOCCOCCOCC. The summed E-state index contributed by atoms with van der Waals surface area (Å²) in [5.41, 5.74) is 8.95. The molecule has 0 spiro atoms. The molecule has 9 rings (SSSR count). The number of nitrogens with zero attached hydrogens (tertiary/aromatic N) is 2. The molecule has 4 amide bonds. The van der Waals surface area contributed by atoms with Gasteiger partial charge in [0.25, 0.3) is 23.6 Å². The Morgan fingerprint density at radius 1 is 0.211 bits per heavy atom. The molecule has 24 heteroatoms. The first-order valence-electron chi connectivity index (χ1n) is 41.9. The van der Waals surface area contributed by atoms with Gasteiger partial charge in [0.2, 0.25) is 0 Å². The quantitative estimate of drug-likeness (QED) is 0.0149. The highest BCUT2D eigenvalue weighted by Crippen LogP contribution is 2.48. The number of imide groups is 2. The standard InChI is InChI=1S/C90H126N2O22/c1-7-97-39-45-109-57-51-103-33-13-19-67-63-71(64-68(20-14-34-104-52-58-110-46-40-98-8-2)73(67)23-17-37-107-55-61-113-49-43-101-11-5)91-87(93)79-29-25-75-77-27-31-81-86-82(32-28-78(84(77)86)76-26-30-80(88(91)94)85(79)83(75)76)90(96)92(89(81)95)72-65-69(21-15-35-105-53-59-111-47-41-99-9-3)74(24-18-38-108-56-62-114-50-44-102-12-6)70(66-72)22-16-36-106-54-60-112-48-42-100-10-4/h25-32,63-66H,7-24,33-62H2,1-6H3. The van der Waals surface area contributed by atoms with Gasteiger partial charge in [-0.1, -0.05) is 24.3 Å². The average Bonchev–Trinajstić information content (AvgIpc) is 0.689. The molecule has 0 saturated heterocycles. The molecule has 0 fully saturated rings. The highest BCUT2D eigenvalue weighted by Gasteiger charge is 2.39. The van der Waals surface area contributed by atoms with Crippen LogP contribution in [0.15, 0.2) is 72.8 Å². The van der Waals surface area contributed by atoms with E-state index in [1.54, 1.807) is 0 Å². The van der Waals surface area contributed by atoms with Crippen molar-refractivity contribution in [3.8, 4) is 0 Å². The zero-order valence-corrected chi connectivity index (χ0v) is 68.7. The van der Waals surface area contributed by atoms with Gasteiger partial charge in [-0.2, -0.15) is 0 Å². The molecule has 2 heterocycles. The Kier molecular flexibility index (Phi) is 42.4. The number of fused-ring (bicyclic) bond motifs is 2. The van der Waals surface area contributed by atoms with Crippen LogP contribution in [0.2, 0.25) is 0 Å². The number of hydrogen-bond acceptors (Lipinski definition) is 22. The van der Waals surface area contributed by atoms with E-state index in [4.69, 9.17) is 85.3 Å². The second-order valence-electron chi connectivity index (χ2n) is 27.7. The molecule has 24 nitrogen and oxygen atoms in total. The maximum absolute atomic E-state index is 15.6. The van der Waals surface area contributed by atoms with Crippen molar-refractivity contribution >= 4 is 78.1 Å². The first-order valence-corrected chi connectivity index (χ1v) is 41.9. The van der Waals surface area contributed by atoms with E-state index >= 15 is 19.2 Å². The van der Waals surface area contributed by atoms with Crippen LogP contribution in [0.3, 0.4) is 0 Å². The second kappa shape index (κ2) is 53.0. The molecule has 2 aliphatic rings. The Morgan fingerprint density at radius 3 is 0.579 bits per heavy atom. The van der Waals surface area contributed by atoms with Crippen LogP contribution in [0.25, 0.3) is 43.1 Å². The monoisotopic (exact) mass is 1590 g/mol. The maximum Gasteiger partial charge on any atom is 0.265 e. The summed E-state index contributed by atoms with van der Waals surface area (Å²) in [4.78, 5) is 65.2. The molecule has 7 aromatic rings. The summed E-state index contributed by atoms with van der Waals surface area (Å²) in [5, 5.41) is 5.81. The number of amides is 4. The van der Waals surface area contributed by atoms with Gasteiger partial charge in [0, 0.05) is 112 Å². The Hall–Kier alpha value is -6.60. The average molecular weight is 1590 g/mol. The van der Waals surface area contributed by atoms with Gasteiger partial charge >= 0.3 is 0 Å². The number of rotatable bonds is 68. The zero-order valence-electron chi connectivity index (χ0n) is 68.7. The topological polar surface area (TPSA) is 241 Å². The van der Waals surface area contributed by atoms with Crippen molar-refractivity contribution in [2.45, 2.75) is 119 Å². The number of carbonyl (C=O) groups is 4. The van der Waals surface area contributed by atoms with Crippen LogP contribution in [-0.2, 0) is 124 Å². The van der Waals surface area contributed by atoms with Crippen LogP contribution in [0.1, 0.15) is 155 Å². The Bertz CT molecular complexity index is 3540. The molecule has 2 aliphatic heterocycles. The van der Waals surface area contributed by atoms with E-state index in [9.17, 15) is 0 Å². The molecule has 0 aromatic heterocycles. The molecular formula is C90H126N2O22. The molecule has 0 atom stereocenters. The smallest absolute Gasteiger partial charge is 0.265 e. The van der Waals surface area contributed by atoms with Crippen LogP contribution in [0, 0.1) is 0 Å². The molecule has 628 valence electrons. The third-order valence-corrected chi connectivity index (χ3v) is 20.0. The number of hydrogen-bond donors (Lipinski definition) is 0. The van der Waals surface area contributed by atoms with Gasteiger partial charge in [0.1, 0.15) is 0 Å². The molecule has 0 unspecified atom stereocenters. The summed E-state index contributed by atoms with van der Waals surface area (Å²) in [6, 6.07) is 23.2. The lowest BCUT2D eigenvalue weighted by atomic mass is 9.82. The molecule has 114 heavy (non-hydrogen) atoms. The molecule has 0 N–H and O–H groups in total. The molecule has 0 radical (unpaired) electrons. The number of ether oxygens (including phenoxy) is 18. The predicted octanol–water partition coefficient (Wildman–Crippen LogP) is 13.4. The van der Waals surface area contributed by atoms with Crippen LogP contribution >= 0.6 is 0 Å². The van der Waals surface area contributed by atoms with Crippen molar-refractivity contribution < 1.29 is 104 Å². The number of benzene rings is 7. The third-order valence-electron chi connectivity index (χ3n) is 20.0. The van der Waals surface area contributed by atoms with Crippen LogP contribution in [0.4, 0.5) is 11.4 Å². The first kappa shape index (κ1) is 91.3. The summed E-state index contributed by atoms with van der Waals surface area (Å²) in [6.45, 7) is 30.0. The highest BCUT2D eigenvalue weighted by molar-refractivity contribution is 6.45. The van der Waals surface area contributed by atoms with Crippen molar-refractivity contribution in [2.75, 3.05) is 248 Å². The van der Waals surface area contributed by atoms with Crippen molar-refractivity contribution in [3.63, 3.8) is 0 Å². The van der Waals surface area contributed by atoms with Gasteiger partial charge in [-0.15, -0.1) is 0 Å². The minimum Gasteiger partial charge on any atom is -0.379 e. The Labute approximate surface area is 674 Å². The molecule has 0 bridgehead atoms. The lowest BCUT2D eigenvalue weighted by Crippen LogP contribution is -2.41. The third kappa shape index (κ3) is 27.2. The summed E-state index contributed by atoms with van der Waals surface area (Å²) >= 11 is 0. The summed E-state index contributed by atoms with van der Waals surface area (Å²) in [5.74, 6) is -1.74. The molecular weight excluding hydrogens is 1460 g/mol. The number of anilines is 2. The van der Waals surface area contributed by atoms with E-state index < -0.39 is 23.6 Å². The van der Waals surface area contributed by atoms with E-state index in [0.717, 1.165) is 78.5 Å². The fraction of sp³-hybridized carbons (Fsp3) is 0.600. The fourth-order valence-electron chi connectivity index (χ4n) is 14.8. The fourth-order valence-corrected chi connectivity index (χ4v) is 14.8. The predicted molar refractivity (Wildman–Crippen MR) is 442 cm³/mol. The molecule has 0 aliphatic carbocycles. The van der Waals surface area contributed by atoms with E-state index in [-0.39, 0.29) is 0 Å². The lowest BCUT2D eigenvalue weighted by molar-refractivity contribution is 0.0163. The second-order valence-corrected chi connectivity index (χ2v) is 27.7. The Balaban J connectivity index is 1.01. The van der Waals surface area contributed by atoms with Gasteiger partial charge in [-0.05, 0) is 233 Å². The van der Waals surface area contributed by atoms with Crippen LogP contribution < -0.4 is 9.80 Å². The minimum atomic E-state index is -0.434.